The second kappa shape index (κ2) is 5.40. The maximum Gasteiger partial charge on any atom is 0.0833 e. The van der Waals surface area contributed by atoms with Gasteiger partial charge in [0.1, 0.15) is 0 Å². The summed E-state index contributed by atoms with van der Waals surface area (Å²) in [5.41, 5.74) is 3.04. The smallest absolute Gasteiger partial charge is 0.0833 e. The van der Waals surface area contributed by atoms with Crippen LogP contribution in [0, 0.1) is 17.8 Å². The zero-order chi connectivity index (χ0) is 15.2. The summed E-state index contributed by atoms with van der Waals surface area (Å²) in [6.07, 6.45) is 10.2. The molecule has 3 aliphatic rings. The van der Waals surface area contributed by atoms with Gasteiger partial charge in [0.05, 0.1) is 24.4 Å². The molecule has 4 bridgehead atoms. The normalized spacial score (nSPS) is 45.8. The van der Waals surface area contributed by atoms with Crippen molar-refractivity contribution in [3.05, 3.63) is 35.5 Å². The van der Waals surface area contributed by atoms with Gasteiger partial charge in [-0.05, 0) is 41.0 Å². The Morgan fingerprint density at radius 1 is 1.14 bits per heavy atom. The van der Waals surface area contributed by atoms with Gasteiger partial charge in [-0.1, -0.05) is 35.5 Å². The molecule has 0 aromatic rings. The van der Waals surface area contributed by atoms with E-state index in [4.69, 9.17) is 9.47 Å². The first-order chi connectivity index (χ1) is 10.0. The third-order valence-electron chi connectivity index (χ3n) is 5.72. The minimum absolute atomic E-state index is 0.0454. The maximum absolute atomic E-state index is 6.60. The van der Waals surface area contributed by atoms with E-state index in [1.165, 1.54) is 5.57 Å². The first kappa shape index (κ1) is 15.1. The third kappa shape index (κ3) is 2.15. The SMILES string of the molecule is C/C=C/C1OCC2CC(=C(C)C)[C@@H]3[C@@H](/C=C/C)O[C@]2(C)[C@@H]13. The van der Waals surface area contributed by atoms with Crippen LogP contribution in [-0.2, 0) is 9.47 Å². The topological polar surface area (TPSA) is 18.5 Å². The van der Waals surface area contributed by atoms with E-state index in [0.29, 0.717) is 17.8 Å². The molecule has 0 radical (unpaired) electrons. The van der Waals surface area contributed by atoms with E-state index in [1.807, 2.05) is 0 Å². The van der Waals surface area contributed by atoms with Gasteiger partial charge in [0.25, 0.3) is 0 Å². The molecule has 2 heteroatoms. The van der Waals surface area contributed by atoms with Crippen LogP contribution < -0.4 is 0 Å². The second-order valence-corrected chi connectivity index (χ2v) is 7.09. The molecule has 2 saturated heterocycles. The molecule has 21 heavy (non-hydrogen) atoms. The summed E-state index contributed by atoms with van der Waals surface area (Å²) >= 11 is 0. The molecule has 116 valence electrons. The van der Waals surface area contributed by atoms with Crippen LogP contribution in [0.1, 0.15) is 41.0 Å². The van der Waals surface area contributed by atoms with Crippen LogP contribution in [0.3, 0.4) is 0 Å². The minimum Gasteiger partial charge on any atom is -0.373 e. The molecule has 2 unspecified atom stereocenters. The molecule has 0 amide bonds. The van der Waals surface area contributed by atoms with E-state index >= 15 is 0 Å². The van der Waals surface area contributed by atoms with Crippen molar-refractivity contribution < 1.29 is 9.47 Å². The van der Waals surface area contributed by atoms with Crippen LogP contribution in [0.4, 0.5) is 0 Å². The summed E-state index contributed by atoms with van der Waals surface area (Å²) < 4.78 is 12.8. The number of ether oxygens (including phenoxy) is 2. The molecular formula is C19H28O2. The lowest BCUT2D eigenvalue weighted by molar-refractivity contribution is -0.165. The fraction of sp³-hybridized carbons (Fsp3) is 0.684. The molecule has 6 atom stereocenters. The fourth-order valence-electron chi connectivity index (χ4n) is 4.73. The van der Waals surface area contributed by atoms with Crippen molar-refractivity contribution in [3.8, 4) is 0 Å². The first-order valence-corrected chi connectivity index (χ1v) is 8.24. The van der Waals surface area contributed by atoms with Gasteiger partial charge in [0.2, 0.25) is 0 Å². The van der Waals surface area contributed by atoms with E-state index in [2.05, 4.69) is 58.9 Å². The molecular weight excluding hydrogens is 260 g/mol. The van der Waals surface area contributed by atoms with Crippen LogP contribution >= 0.6 is 0 Å². The van der Waals surface area contributed by atoms with Crippen LogP contribution in [0.5, 0.6) is 0 Å². The molecule has 3 fully saturated rings. The Balaban J connectivity index is 2.10. The summed E-state index contributed by atoms with van der Waals surface area (Å²) in [5, 5.41) is 0. The Morgan fingerprint density at radius 3 is 2.43 bits per heavy atom. The van der Waals surface area contributed by atoms with Crippen LogP contribution in [0.25, 0.3) is 0 Å². The largest absolute Gasteiger partial charge is 0.373 e. The van der Waals surface area contributed by atoms with Gasteiger partial charge in [-0.3, -0.25) is 0 Å². The van der Waals surface area contributed by atoms with Crippen molar-refractivity contribution in [2.75, 3.05) is 6.61 Å². The monoisotopic (exact) mass is 288 g/mol. The zero-order valence-corrected chi connectivity index (χ0v) is 13.9. The van der Waals surface area contributed by atoms with Crippen molar-refractivity contribution in [2.24, 2.45) is 17.8 Å². The van der Waals surface area contributed by atoms with E-state index in [0.717, 1.165) is 13.0 Å². The quantitative estimate of drug-likeness (QED) is 0.706. The Morgan fingerprint density at radius 2 is 1.81 bits per heavy atom. The molecule has 2 nitrogen and oxygen atoms in total. The van der Waals surface area contributed by atoms with E-state index < -0.39 is 0 Å². The number of rotatable bonds is 2. The maximum atomic E-state index is 6.60. The molecule has 0 aromatic carbocycles. The first-order valence-electron chi connectivity index (χ1n) is 8.24. The number of allylic oxidation sites excluding steroid dienone is 3. The summed E-state index contributed by atoms with van der Waals surface area (Å²) in [6, 6.07) is 0. The lowest BCUT2D eigenvalue weighted by atomic mass is 9.59. The van der Waals surface area contributed by atoms with Gasteiger partial charge >= 0.3 is 0 Å². The van der Waals surface area contributed by atoms with Gasteiger partial charge in [-0.15, -0.1) is 0 Å². The van der Waals surface area contributed by atoms with Crippen molar-refractivity contribution >= 4 is 0 Å². The highest BCUT2D eigenvalue weighted by molar-refractivity contribution is 5.31. The highest BCUT2D eigenvalue weighted by Gasteiger charge is 2.63. The third-order valence-corrected chi connectivity index (χ3v) is 5.72. The van der Waals surface area contributed by atoms with Gasteiger partial charge in [0, 0.05) is 17.8 Å². The average molecular weight is 288 g/mol. The van der Waals surface area contributed by atoms with Gasteiger partial charge in [0.15, 0.2) is 0 Å². The molecule has 1 saturated carbocycles. The van der Waals surface area contributed by atoms with Crippen molar-refractivity contribution in [3.63, 3.8) is 0 Å². The predicted octanol–water partition coefficient (Wildman–Crippen LogP) is 4.28. The molecule has 0 aromatic heterocycles. The molecule has 0 N–H and O–H groups in total. The van der Waals surface area contributed by atoms with E-state index in [9.17, 15) is 0 Å². The number of hydrogen-bond donors (Lipinski definition) is 0. The summed E-state index contributed by atoms with van der Waals surface area (Å²) in [7, 11) is 0. The van der Waals surface area contributed by atoms with E-state index in [1.54, 1.807) is 5.57 Å². The lowest BCUT2D eigenvalue weighted by Crippen LogP contribution is -2.56. The summed E-state index contributed by atoms with van der Waals surface area (Å²) in [5.74, 6) is 1.39. The summed E-state index contributed by atoms with van der Waals surface area (Å²) in [4.78, 5) is 0. The van der Waals surface area contributed by atoms with Gasteiger partial charge in [-0.25, -0.2) is 0 Å². The minimum atomic E-state index is -0.0454. The Kier molecular flexibility index (Phi) is 3.87. The Bertz CT molecular complexity index is 498. The molecule has 3 rings (SSSR count). The second-order valence-electron chi connectivity index (χ2n) is 7.09. The lowest BCUT2D eigenvalue weighted by Gasteiger charge is -2.51. The number of hydrogen-bond acceptors (Lipinski definition) is 2. The van der Waals surface area contributed by atoms with Crippen LogP contribution in [0.15, 0.2) is 35.5 Å². The van der Waals surface area contributed by atoms with Crippen molar-refractivity contribution in [2.45, 2.75) is 58.8 Å². The fourth-order valence-corrected chi connectivity index (χ4v) is 4.73. The predicted molar refractivity (Wildman–Crippen MR) is 86.1 cm³/mol. The average Bonchev–Trinajstić information content (AvgIpc) is 2.63. The molecule has 2 aliphatic heterocycles. The van der Waals surface area contributed by atoms with Gasteiger partial charge < -0.3 is 9.47 Å². The molecule has 0 spiro atoms. The van der Waals surface area contributed by atoms with Gasteiger partial charge in [-0.2, -0.15) is 0 Å². The van der Waals surface area contributed by atoms with Crippen LogP contribution in [-0.4, -0.2) is 24.4 Å². The van der Waals surface area contributed by atoms with Crippen molar-refractivity contribution in [1.29, 1.82) is 0 Å². The zero-order valence-electron chi connectivity index (χ0n) is 13.9. The highest BCUT2D eigenvalue weighted by atomic mass is 16.5. The Hall–Kier alpha value is -0.860. The van der Waals surface area contributed by atoms with Crippen LogP contribution in [0.2, 0.25) is 0 Å². The summed E-state index contributed by atoms with van der Waals surface area (Å²) in [6.45, 7) is 11.8. The highest BCUT2D eigenvalue weighted by Crippen LogP contribution is 2.59. The van der Waals surface area contributed by atoms with E-state index in [-0.39, 0.29) is 17.8 Å². The molecule has 2 heterocycles. The standard InChI is InChI=1S/C19H28O2/c1-6-8-15-17-14(12(3)4)10-13-11-20-16(9-7-2)18(17)19(13,5)21-15/h6-9,13,15-18H,10-11H2,1-5H3/b8-6+,9-7+/t13?,15-,16?,17-,18+,19+/m1/s1. The Labute approximate surface area is 128 Å². The molecule has 1 aliphatic carbocycles. The van der Waals surface area contributed by atoms with Crippen molar-refractivity contribution in [1.82, 2.24) is 0 Å².